The summed E-state index contributed by atoms with van der Waals surface area (Å²) in [6, 6.07) is -0.504. The van der Waals surface area contributed by atoms with Crippen molar-refractivity contribution in [3.05, 3.63) is 21.0 Å². The number of nitrogens with one attached hydrogen (secondary N) is 1. The van der Waals surface area contributed by atoms with Crippen LogP contribution in [0.4, 0.5) is 5.69 Å². The topological polar surface area (TPSA) is 87.4 Å². The van der Waals surface area contributed by atoms with E-state index in [1.807, 2.05) is 0 Å². The minimum Gasteiger partial charge on any atom is -0.394 e. The standard InChI is InChI=1S/C8H12BrN3O3/c1-12-8(15)7(9)6(2-10-12)11-5(3-13)4-14/h2,5,11,13-14H,3-4H2,1H3. The SMILES string of the molecule is Cn1ncc(NC(CO)CO)c(Br)c1=O. The molecule has 0 saturated carbocycles. The van der Waals surface area contributed by atoms with Crippen LogP contribution >= 0.6 is 15.9 Å². The number of aliphatic hydroxyl groups is 2. The Hall–Kier alpha value is -0.920. The van der Waals surface area contributed by atoms with E-state index in [0.29, 0.717) is 10.2 Å². The molecule has 3 N–H and O–H groups in total. The van der Waals surface area contributed by atoms with Gasteiger partial charge in [-0.05, 0) is 15.9 Å². The molecule has 7 heteroatoms. The zero-order valence-electron chi connectivity index (χ0n) is 8.14. The number of hydrogen-bond donors (Lipinski definition) is 3. The summed E-state index contributed by atoms with van der Waals surface area (Å²) in [4.78, 5) is 11.4. The van der Waals surface area contributed by atoms with Crippen LogP contribution in [0.25, 0.3) is 0 Å². The van der Waals surface area contributed by atoms with Gasteiger partial charge in [0.1, 0.15) is 4.47 Å². The lowest BCUT2D eigenvalue weighted by atomic mass is 10.3. The van der Waals surface area contributed by atoms with E-state index in [9.17, 15) is 4.79 Å². The summed E-state index contributed by atoms with van der Waals surface area (Å²) in [6.07, 6.45) is 1.45. The van der Waals surface area contributed by atoms with Gasteiger partial charge in [0.15, 0.2) is 0 Å². The summed E-state index contributed by atoms with van der Waals surface area (Å²) in [5.74, 6) is 0. The smallest absolute Gasteiger partial charge is 0.282 e. The first-order valence-electron chi connectivity index (χ1n) is 4.30. The molecule has 84 valence electrons. The van der Waals surface area contributed by atoms with Gasteiger partial charge in [0.25, 0.3) is 5.56 Å². The molecule has 1 aromatic heterocycles. The molecular weight excluding hydrogens is 266 g/mol. The predicted molar refractivity (Wildman–Crippen MR) is 58.8 cm³/mol. The first-order valence-corrected chi connectivity index (χ1v) is 5.09. The average Bonchev–Trinajstić information content (AvgIpc) is 2.25. The van der Waals surface area contributed by atoms with E-state index in [2.05, 4.69) is 26.3 Å². The maximum absolute atomic E-state index is 11.4. The van der Waals surface area contributed by atoms with Crippen LogP contribution in [-0.2, 0) is 7.05 Å². The van der Waals surface area contributed by atoms with Crippen LogP contribution in [0.1, 0.15) is 0 Å². The molecule has 0 unspecified atom stereocenters. The Labute approximate surface area is 94.7 Å². The maximum atomic E-state index is 11.4. The van der Waals surface area contributed by atoms with Gasteiger partial charge in [-0.25, -0.2) is 4.68 Å². The third-order valence-corrected chi connectivity index (χ3v) is 2.64. The lowest BCUT2D eigenvalue weighted by Crippen LogP contribution is -2.30. The van der Waals surface area contributed by atoms with Crippen LogP contribution in [0.3, 0.4) is 0 Å². The Kier molecular flexibility index (Phi) is 4.25. The monoisotopic (exact) mass is 277 g/mol. The van der Waals surface area contributed by atoms with Gasteiger partial charge in [-0.3, -0.25) is 4.79 Å². The van der Waals surface area contributed by atoms with Crippen molar-refractivity contribution in [3.63, 3.8) is 0 Å². The maximum Gasteiger partial charge on any atom is 0.282 e. The van der Waals surface area contributed by atoms with Gasteiger partial charge in [-0.2, -0.15) is 5.10 Å². The van der Waals surface area contributed by atoms with E-state index in [1.54, 1.807) is 0 Å². The number of anilines is 1. The Morgan fingerprint density at radius 1 is 1.60 bits per heavy atom. The van der Waals surface area contributed by atoms with Gasteiger partial charge < -0.3 is 15.5 Å². The molecule has 1 rings (SSSR count). The number of nitrogens with zero attached hydrogens (tertiary/aromatic N) is 2. The number of halogens is 1. The van der Waals surface area contributed by atoms with E-state index in [-0.39, 0.29) is 18.8 Å². The highest BCUT2D eigenvalue weighted by Crippen LogP contribution is 2.16. The van der Waals surface area contributed by atoms with Crippen molar-refractivity contribution in [2.75, 3.05) is 18.5 Å². The van der Waals surface area contributed by atoms with Gasteiger partial charge >= 0.3 is 0 Å². The Morgan fingerprint density at radius 2 is 2.20 bits per heavy atom. The third-order valence-electron chi connectivity index (χ3n) is 1.88. The summed E-state index contributed by atoms with van der Waals surface area (Å²) >= 11 is 3.12. The van der Waals surface area contributed by atoms with Crippen molar-refractivity contribution in [3.8, 4) is 0 Å². The van der Waals surface area contributed by atoms with Gasteiger partial charge in [-0.15, -0.1) is 0 Å². The van der Waals surface area contributed by atoms with Crippen LogP contribution in [0, 0.1) is 0 Å². The lowest BCUT2D eigenvalue weighted by molar-refractivity contribution is 0.204. The van der Waals surface area contributed by atoms with Crippen molar-refractivity contribution in [2.45, 2.75) is 6.04 Å². The highest BCUT2D eigenvalue weighted by Gasteiger charge is 2.11. The summed E-state index contributed by atoms with van der Waals surface area (Å²) in [5.41, 5.74) is 0.167. The molecule has 0 saturated heterocycles. The molecule has 0 bridgehead atoms. The van der Waals surface area contributed by atoms with Crippen LogP contribution in [0.15, 0.2) is 15.5 Å². The molecular formula is C8H12BrN3O3. The highest BCUT2D eigenvalue weighted by molar-refractivity contribution is 9.10. The quantitative estimate of drug-likeness (QED) is 0.678. The van der Waals surface area contributed by atoms with Crippen molar-refractivity contribution in [2.24, 2.45) is 7.05 Å². The summed E-state index contributed by atoms with van der Waals surface area (Å²) in [5, 5.41) is 24.3. The number of aromatic nitrogens is 2. The second-order valence-electron chi connectivity index (χ2n) is 3.01. The molecule has 15 heavy (non-hydrogen) atoms. The summed E-state index contributed by atoms with van der Waals surface area (Å²) in [6.45, 7) is -0.448. The van der Waals surface area contributed by atoms with Crippen LogP contribution in [0.5, 0.6) is 0 Å². The fourth-order valence-corrected chi connectivity index (χ4v) is 1.45. The Balaban J connectivity index is 2.96. The summed E-state index contributed by atoms with van der Waals surface area (Å²) < 4.78 is 1.51. The molecule has 0 aliphatic carbocycles. The van der Waals surface area contributed by atoms with Crippen LogP contribution < -0.4 is 10.9 Å². The van der Waals surface area contributed by atoms with Gasteiger partial charge in [-0.1, -0.05) is 0 Å². The molecule has 1 heterocycles. The number of rotatable bonds is 4. The van der Waals surface area contributed by atoms with Crippen LogP contribution in [-0.4, -0.2) is 39.2 Å². The molecule has 0 amide bonds. The van der Waals surface area contributed by atoms with Crippen molar-refractivity contribution in [1.29, 1.82) is 0 Å². The number of hydrogen-bond acceptors (Lipinski definition) is 5. The van der Waals surface area contributed by atoms with Crippen LogP contribution in [0.2, 0.25) is 0 Å². The normalized spacial score (nSPS) is 10.7. The molecule has 0 aliphatic rings. The predicted octanol–water partition coefficient (Wildman–Crippen LogP) is -0.692. The van der Waals surface area contributed by atoms with E-state index < -0.39 is 6.04 Å². The first kappa shape index (κ1) is 12.2. The molecule has 6 nitrogen and oxygen atoms in total. The lowest BCUT2D eigenvalue weighted by Gasteiger charge is -2.15. The molecule has 1 aromatic rings. The Bertz CT molecular complexity index is 389. The molecule has 0 radical (unpaired) electrons. The second kappa shape index (κ2) is 5.24. The van der Waals surface area contributed by atoms with E-state index >= 15 is 0 Å². The minimum atomic E-state index is -0.504. The second-order valence-corrected chi connectivity index (χ2v) is 3.80. The first-order chi connectivity index (χ1) is 7.10. The highest BCUT2D eigenvalue weighted by atomic mass is 79.9. The van der Waals surface area contributed by atoms with Gasteiger partial charge in [0.05, 0.1) is 31.1 Å². The number of aryl methyl sites for hydroxylation is 1. The summed E-state index contributed by atoms with van der Waals surface area (Å²) in [7, 11) is 1.53. The molecule has 0 aromatic carbocycles. The van der Waals surface area contributed by atoms with Gasteiger partial charge in [0.2, 0.25) is 0 Å². The fourth-order valence-electron chi connectivity index (χ4n) is 0.980. The molecule has 0 spiro atoms. The van der Waals surface area contributed by atoms with E-state index in [4.69, 9.17) is 10.2 Å². The zero-order valence-corrected chi connectivity index (χ0v) is 9.73. The van der Waals surface area contributed by atoms with Gasteiger partial charge in [0, 0.05) is 7.05 Å². The minimum absolute atomic E-state index is 0.224. The zero-order chi connectivity index (χ0) is 11.4. The molecule has 0 fully saturated rings. The van der Waals surface area contributed by atoms with Crippen molar-refractivity contribution in [1.82, 2.24) is 9.78 Å². The van der Waals surface area contributed by atoms with Crippen molar-refractivity contribution >= 4 is 21.6 Å². The largest absolute Gasteiger partial charge is 0.394 e. The van der Waals surface area contributed by atoms with Crippen molar-refractivity contribution < 1.29 is 10.2 Å². The van der Waals surface area contributed by atoms with E-state index in [1.165, 1.54) is 17.9 Å². The fraction of sp³-hybridized carbons (Fsp3) is 0.500. The molecule has 0 aliphatic heterocycles. The third kappa shape index (κ3) is 2.77. The number of aliphatic hydroxyl groups excluding tert-OH is 2. The molecule has 0 atom stereocenters. The Morgan fingerprint density at radius 3 is 2.73 bits per heavy atom. The average molecular weight is 278 g/mol. The van der Waals surface area contributed by atoms with E-state index in [0.717, 1.165) is 0 Å².